The maximum absolute atomic E-state index is 12.6. The molecule has 1 amide bonds. The average molecular weight is 318 g/mol. The predicted octanol–water partition coefficient (Wildman–Crippen LogP) is 1.31. The molecule has 0 saturated heterocycles. The van der Waals surface area contributed by atoms with E-state index in [9.17, 15) is 9.59 Å². The Bertz CT molecular complexity index is 717. The second-order valence-corrected chi connectivity index (χ2v) is 5.97. The number of para-hydroxylation sites is 2. The van der Waals surface area contributed by atoms with Crippen LogP contribution in [-0.2, 0) is 17.9 Å². The molecule has 1 unspecified atom stereocenters. The molecule has 0 aliphatic heterocycles. The lowest BCUT2D eigenvalue weighted by atomic mass is 10.2. The van der Waals surface area contributed by atoms with Crippen LogP contribution in [0.2, 0.25) is 0 Å². The molecule has 6 nitrogen and oxygen atoms in total. The Balaban J connectivity index is 2.13. The zero-order valence-electron chi connectivity index (χ0n) is 13.9. The highest BCUT2D eigenvalue weighted by molar-refractivity contribution is 5.78. The summed E-state index contributed by atoms with van der Waals surface area (Å²) < 4.78 is 3.47. The Morgan fingerprint density at radius 3 is 2.39 bits per heavy atom. The SMILES string of the molecule is CCCn1c(=O)n(CCC(=O)NCC(C)CN)c2ccccc21. The molecule has 3 N–H and O–H groups in total. The molecule has 2 rings (SSSR count). The summed E-state index contributed by atoms with van der Waals surface area (Å²) in [6.45, 7) is 6.23. The van der Waals surface area contributed by atoms with Crippen LogP contribution >= 0.6 is 0 Å². The van der Waals surface area contributed by atoms with E-state index in [1.165, 1.54) is 0 Å². The highest BCUT2D eigenvalue weighted by Gasteiger charge is 2.13. The molecule has 126 valence electrons. The van der Waals surface area contributed by atoms with Crippen LogP contribution in [0.25, 0.3) is 11.0 Å². The van der Waals surface area contributed by atoms with E-state index in [0.717, 1.165) is 17.5 Å². The summed E-state index contributed by atoms with van der Waals surface area (Å²) in [5.74, 6) is 0.206. The first kappa shape index (κ1) is 17.3. The summed E-state index contributed by atoms with van der Waals surface area (Å²) in [5, 5.41) is 2.86. The first-order valence-corrected chi connectivity index (χ1v) is 8.23. The lowest BCUT2D eigenvalue weighted by Gasteiger charge is -2.10. The van der Waals surface area contributed by atoms with Gasteiger partial charge in [-0.3, -0.25) is 13.9 Å². The molecule has 2 aromatic rings. The van der Waals surface area contributed by atoms with Gasteiger partial charge in [-0.05, 0) is 31.0 Å². The highest BCUT2D eigenvalue weighted by Crippen LogP contribution is 2.13. The van der Waals surface area contributed by atoms with Crippen molar-refractivity contribution in [2.45, 2.75) is 39.8 Å². The van der Waals surface area contributed by atoms with Crippen LogP contribution < -0.4 is 16.7 Å². The summed E-state index contributed by atoms with van der Waals surface area (Å²) in [4.78, 5) is 24.5. The van der Waals surface area contributed by atoms with E-state index < -0.39 is 0 Å². The number of fused-ring (bicyclic) bond motifs is 1. The zero-order valence-corrected chi connectivity index (χ0v) is 13.9. The van der Waals surface area contributed by atoms with Crippen LogP contribution in [0.5, 0.6) is 0 Å². The van der Waals surface area contributed by atoms with Crippen molar-refractivity contribution in [1.29, 1.82) is 0 Å². The van der Waals surface area contributed by atoms with Crippen LogP contribution in [0.1, 0.15) is 26.7 Å². The van der Waals surface area contributed by atoms with Crippen molar-refractivity contribution in [1.82, 2.24) is 14.5 Å². The number of benzene rings is 1. The largest absolute Gasteiger partial charge is 0.356 e. The number of nitrogens with one attached hydrogen (secondary N) is 1. The lowest BCUT2D eigenvalue weighted by molar-refractivity contribution is -0.121. The Labute approximate surface area is 136 Å². The first-order chi connectivity index (χ1) is 11.1. The summed E-state index contributed by atoms with van der Waals surface area (Å²) in [6, 6.07) is 7.72. The van der Waals surface area contributed by atoms with Gasteiger partial charge in [-0.2, -0.15) is 0 Å². The number of imidazole rings is 1. The molecule has 6 heteroatoms. The fourth-order valence-corrected chi connectivity index (χ4v) is 2.60. The predicted molar refractivity (Wildman–Crippen MR) is 92.3 cm³/mol. The van der Waals surface area contributed by atoms with Gasteiger partial charge in [-0.25, -0.2) is 4.79 Å². The number of aromatic nitrogens is 2. The number of carbonyl (C=O) groups is 1. The van der Waals surface area contributed by atoms with Gasteiger partial charge in [0, 0.05) is 26.1 Å². The summed E-state index contributed by atoms with van der Waals surface area (Å²) in [7, 11) is 0. The number of hydrogen-bond acceptors (Lipinski definition) is 3. The zero-order chi connectivity index (χ0) is 16.8. The normalized spacial score (nSPS) is 12.5. The highest BCUT2D eigenvalue weighted by atomic mass is 16.2. The molecule has 1 heterocycles. The molecular weight excluding hydrogens is 292 g/mol. The number of hydrogen-bond donors (Lipinski definition) is 2. The van der Waals surface area contributed by atoms with Crippen LogP contribution in [0.15, 0.2) is 29.1 Å². The van der Waals surface area contributed by atoms with Crippen LogP contribution in [0.3, 0.4) is 0 Å². The van der Waals surface area contributed by atoms with E-state index in [-0.39, 0.29) is 23.9 Å². The van der Waals surface area contributed by atoms with Gasteiger partial charge in [-0.15, -0.1) is 0 Å². The topological polar surface area (TPSA) is 82.0 Å². The molecule has 1 aromatic carbocycles. The molecule has 0 bridgehead atoms. The molecular formula is C17H26N4O2. The van der Waals surface area contributed by atoms with Gasteiger partial charge in [0.25, 0.3) is 0 Å². The van der Waals surface area contributed by atoms with E-state index in [4.69, 9.17) is 5.73 Å². The fraction of sp³-hybridized carbons (Fsp3) is 0.529. The molecule has 0 aliphatic rings. The molecule has 0 radical (unpaired) electrons. The minimum absolute atomic E-state index is 0.0452. The Morgan fingerprint density at radius 2 is 1.83 bits per heavy atom. The van der Waals surface area contributed by atoms with E-state index in [0.29, 0.717) is 26.2 Å². The third kappa shape index (κ3) is 4.01. The third-order valence-corrected chi connectivity index (χ3v) is 3.98. The van der Waals surface area contributed by atoms with E-state index in [1.54, 1.807) is 9.13 Å². The van der Waals surface area contributed by atoms with E-state index in [2.05, 4.69) is 5.32 Å². The average Bonchev–Trinajstić information content (AvgIpc) is 2.83. The van der Waals surface area contributed by atoms with Crippen LogP contribution in [0, 0.1) is 5.92 Å². The number of nitrogens with zero attached hydrogens (tertiary/aromatic N) is 2. The van der Waals surface area contributed by atoms with Crippen molar-refractivity contribution in [3.8, 4) is 0 Å². The molecule has 1 atom stereocenters. The third-order valence-electron chi connectivity index (χ3n) is 3.98. The maximum atomic E-state index is 12.6. The van der Waals surface area contributed by atoms with Gasteiger partial charge in [-0.1, -0.05) is 26.0 Å². The van der Waals surface area contributed by atoms with E-state index >= 15 is 0 Å². The summed E-state index contributed by atoms with van der Waals surface area (Å²) in [5.41, 5.74) is 7.30. The van der Waals surface area contributed by atoms with Gasteiger partial charge >= 0.3 is 5.69 Å². The Morgan fingerprint density at radius 1 is 1.22 bits per heavy atom. The van der Waals surface area contributed by atoms with Crippen molar-refractivity contribution in [2.24, 2.45) is 11.7 Å². The Hall–Kier alpha value is -2.08. The fourth-order valence-electron chi connectivity index (χ4n) is 2.60. The lowest BCUT2D eigenvalue weighted by Crippen LogP contribution is -2.32. The van der Waals surface area contributed by atoms with Gasteiger partial charge in [0.05, 0.1) is 11.0 Å². The summed E-state index contributed by atoms with van der Waals surface area (Å²) in [6.07, 6.45) is 1.18. The quantitative estimate of drug-likeness (QED) is 0.770. The standard InChI is InChI=1S/C17H26N4O2/c1-3-9-20-14-6-4-5-7-15(14)21(17(20)23)10-8-16(22)19-12-13(2)11-18/h4-7,13H,3,8-12,18H2,1-2H3,(H,19,22). The number of nitrogens with two attached hydrogens (primary N) is 1. The first-order valence-electron chi connectivity index (χ1n) is 8.23. The minimum Gasteiger partial charge on any atom is -0.356 e. The van der Waals surface area contributed by atoms with Crippen molar-refractivity contribution < 1.29 is 4.79 Å². The summed E-state index contributed by atoms with van der Waals surface area (Å²) >= 11 is 0. The monoisotopic (exact) mass is 318 g/mol. The second kappa shape index (κ2) is 7.97. The van der Waals surface area contributed by atoms with Crippen molar-refractivity contribution in [3.05, 3.63) is 34.7 Å². The molecule has 0 fully saturated rings. The maximum Gasteiger partial charge on any atom is 0.329 e. The molecule has 1 aromatic heterocycles. The van der Waals surface area contributed by atoms with Gasteiger partial charge in [0.2, 0.25) is 5.91 Å². The number of aryl methyl sites for hydroxylation is 2. The molecule has 0 saturated carbocycles. The smallest absolute Gasteiger partial charge is 0.329 e. The minimum atomic E-state index is -0.0514. The molecule has 23 heavy (non-hydrogen) atoms. The van der Waals surface area contributed by atoms with Crippen LogP contribution in [-0.4, -0.2) is 28.1 Å². The van der Waals surface area contributed by atoms with E-state index in [1.807, 2.05) is 38.1 Å². The van der Waals surface area contributed by atoms with Crippen molar-refractivity contribution in [2.75, 3.05) is 13.1 Å². The number of amides is 1. The van der Waals surface area contributed by atoms with Crippen molar-refractivity contribution in [3.63, 3.8) is 0 Å². The van der Waals surface area contributed by atoms with Gasteiger partial charge in [0.15, 0.2) is 0 Å². The number of carbonyl (C=O) groups excluding carboxylic acids is 1. The molecule has 0 aliphatic carbocycles. The van der Waals surface area contributed by atoms with Gasteiger partial charge < -0.3 is 11.1 Å². The van der Waals surface area contributed by atoms with Crippen LogP contribution in [0.4, 0.5) is 0 Å². The second-order valence-electron chi connectivity index (χ2n) is 5.97. The molecule has 0 spiro atoms. The van der Waals surface area contributed by atoms with Gasteiger partial charge in [0.1, 0.15) is 0 Å². The Kier molecular flexibility index (Phi) is 5.98. The van der Waals surface area contributed by atoms with Crippen molar-refractivity contribution >= 4 is 16.9 Å². The number of rotatable bonds is 8.